The smallest absolute Gasteiger partial charge is 0.230 e. The van der Waals surface area contributed by atoms with Gasteiger partial charge in [0.2, 0.25) is 12.4 Å². The maximum absolute atomic E-state index is 10.6. The summed E-state index contributed by atoms with van der Waals surface area (Å²) < 4.78 is 0. The lowest BCUT2D eigenvalue weighted by Crippen LogP contribution is -2.28. The van der Waals surface area contributed by atoms with E-state index < -0.39 is 0 Å². The predicted molar refractivity (Wildman–Crippen MR) is 58.9 cm³/mol. The van der Waals surface area contributed by atoms with Gasteiger partial charge >= 0.3 is 0 Å². The molecule has 0 spiro atoms. The van der Waals surface area contributed by atoms with Crippen molar-refractivity contribution in [1.29, 1.82) is 0 Å². The SMILES string of the molecule is NC(N)=NN(C=O)Cc1ccc(Cl)cc1. The van der Waals surface area contributed by atoms with Crippen LogP contribution in [0.4, 0.5) is 0 Å². The van der Waals surface area contributed by atoms with Crippen LogP contribution in [0.5, 0.6) is 0 Å². The summed E-state index contributed by atoms with van der Waals surface area (Å²) in [5, 5.41) is 5.36. The standard InChI is InChI=1S/C9H11ClN4O/c10-8-3-1-7(2-4-8)5-14(6-15)13-9(11)12/h1-4,6H,5H2,(H4,11,12,13). The van der Waals surface area contributed by atoms with Gasteiger partial charge in [0.05, 0.1) is 6.54 Å². The van der Waals surface area contributed by atoms with Crippen LogP contribution in [0.15, 0.2) is 29.4 Å². The van der Waals surface area contributed by atoms with E-state index in [1.165, 1.54) is 0 Å². The fraction of sp³-hybridized carbons (Fsp3) is 0.111. The number of amides is 1. The number of guanidine groups is 1. The summed E-state index contributed by atoms with van der Waals surface area (Å²) in [4.78, 5) is 10.6. The average molecular weight is 227 g/mol. The molecule has 0 unspecified atom stereocenters. The molecule has 0 aromatic heterocycles. The third-order valence-corrected chi connectivity index (χ3v) is 1.88. The van der Waals surface area contributed by atoms with Gasteiger partial charge in [-0.1, -0.05) is 23.7 Å². The Kier molecular flexibility index (Phi) is 3.93. The minimum atomic E-state index is -0.156. The van der Waals surface area contributed by atoms with Crippen molar-refractivity contribution in [3.63, 3.8) is 0 Å². The van der Waals surface area contributed by atoms with E-state index in [0.29, 0.717) is 18.0 Å². The van der Waals surface area contributed by atoms with E-state index in [1.807, 2.05) is 0 Å². The second kappa shape index (κ2) is 5.21. The molecule has 0 aliphatic carbocycles. The Morgan fingerprint density at radius 1 is 1.40 bits per heavy atom. The van der Waals surface area contributed by atoms with Crippen LogP contribution in [-0.2, 0) is 11.3 Å². The van der Waals surface area contributed by atoms with Crippen molar-refractivity contribution in [3.05, 3.63) is 34.9 Å². The number of rotatable bonds is 4. The Hall–Kier alpha value is -1.75. The number of hydrazone groups is 1. The quantitative estimate of drug-likeness (QED) is 0.339. The number of halogens is 1. The predicted octanol–water partition coefficient (Wildman–Crippen LogP) is 0.487. The highest BCUT2D eigenvalue weighted by molar-refractivity contribution is 6.30. The lowest BCUT2D eigenvalue weighted by Gasteiger charge is -2.10. The van der Waals surface area contributed by atoms with E-state index in [-0.39, 0.29) is 5.96 Å². The molecule has 0 atom stereocenters. The highest BCUT2D eigenvalue weighted by Crippen LogP contribution is 2.10. The number of nitrogens with two attached hydrogens (primary N) is 2. The minimum Gasteiger partial charge on any atom is -0.369 e. The molecule has 15 heavy (non-hydrogen) atoms. The number of carbonyl (C=O) groups excluding carboxylic acids is 1. The summed E-state index contributed by atoms with van der Waals surface area (Å²) in [6.07, 6.45) is 0.550. The lowest BCUT2D eigenvalue weighted by molar-refractivity contribution is -0.118. The molecule has 4 N–H and O–H groups in total. The molecule has 1 rings (SSSR count). The van der Waals surface area contributed by atoms with E-state index in [2.05, 4.69) is 5.10 Å². The van der Waals surface area contributed by atoms with Crippen molar-refractivity contribution in [3.8, 4) is 0 Å². The lowest BCUT2D eigenvalue weighted by atomic mass is 10.2. The first kappa shape index (κ1) is 11.3. The van der Waals surface area contributed by atoms with Crippen LogP contribution in [0.1, 0.15) is 5.56 Å². The molecule has 5 nitrogen and oxygen atoms in total. The van der Waals surface area contributed by atoms with Crippen LogP contribution in [0.25, 0.3) is 0 Å². The molecule has 0 bridgehead atoms. The maximum Gasteiger partial charge on any atom is 0.230 e. The molecule has 1 aromatic carbocycles. The molecule has 0 radical (unpaired) electrons. The van der Waals surface area contributed by atoms with E-state index >= 15 is 0 Å². The fourth-order valence-electron chi connectivity index (χ4n) is 1.02. The first-order valence-corrected chi connectivity index (χ1v) is 4.55. The van der Waals surface area contributed by atoms with Crippen molar-refractivity contribution in [2.75, 3.05) is 0 Å². The number of hydrogen-bond acceptors (Lipinski definition) is 2. The van der Waals surface area contributed by atoms with Gasteiger partial charge in [0.15, 0.2) is 0 Å². The van der Waals surface area contributed by atoms with Gasteiger partial charge in [0.25, 0.3) is 0 Å². The van der Waals surface area contributed by atoms with Crippen LogP contribution in [0.3, 0.4) is 0 Å². The number of carbonyl (C=O) groups is 1. The van der Waals surface area contributed by atoms with Gasteiger partial charge in [0, 0.05) is 5.02 Å². The first-order valence-electron chi connectivity index (χ1n) is 4.17. The van der Waals surface area contributed by atoms with Gasteiger partial charge in [-0.05, 0) is 17.7 Å². The number of hydrogen-bond donors (Lipinski definition) is 2. The molecule has 0 saturated heterocycles. The normalized spacial score (nSPS) is 9.40. The highest BCUT2D eigenvalue weighted by Gasteiger charge is 2.01. The minimum absolute atomic E-state index is 0.156. The second-order valence-corrected chi connectivity index (χ2v) is 3.29. The fourth-order valence-corrected chi connectivity index (χ4v) is 1.15. The van der Waals surface area contributed by atoms with Crippen LogP contribution in [-0.4, -0.2) is 17.4 Å². The molecule has 0 heterocycles. The first-order chi connectivity index (χ1) is 7.11. The van der Waals surface area contributed by atoms with Crippen molar-refractivity contribution in [2.45, 2.75) is 6.54 Å². The van der Waals surface area contributed by atoms with E-state index in [9.17, 15) is 4.79 Å². The second-order valence-electron chi connectivity index (χ2n) is 2.85. The van der Waals surface area contributed by atoms with Gasteiger partial charge in [0.1, 0.15) is 0 Å². The summed E-state index contributed by atoms with van der Waals surface area (Å²) in [6.45, 7) is 0.304. The molecule has 0 aliphatic heterocycles. The molecule has 80 valence electrons. The zero-order valence-corrected chi connectivity index (χ0v) is 8.69. The summed E-state index contributed by atoms with van der Waals surface area (Å²) in [6, 6.07) is 7.05. The molecule has 0 fully saturated rings. The Morgan fingerprint density at radius 3 is 2.47 bits per heavy atom. The molecular weight excluding hydrogens is 216 g/mol. The Morgan fingerprint density at radius 2 is 2.00 bits per heavy atom. The average Bonchev–Trinajstić information content (AvgIpc) is 2.19. The molecule has 0 aliphatic rings. The van der Waals surface area contributed by atoms with Crippen molar-refractivity contribution < 1.29 is 4.79 Å². The topological polar surface area (TPSA) is 84.7 Å². The Labute approximate surface area is 92.3 Å². The Balaban J connectivity index is 2.71. The van der Waals surface area contributed by atoms with E-state index in [0.717, 1.165) is 10.6 Å². The molecular formula is C9H11ClN4O. The maximum atomic E-state index is 10.6. The molecule has 1 amide bonds. The Bertz CT molecular complexity index is 359. The van der Waals surface area contributed by atoms with Crippen LogP contribution in [0, 0.1) is 0 Å². The monoisotopic (exact) mass is 226 g/mol. The van der Waals surface area contributed by atoms with Gasteiger partial charge < -0.3 is 11.5 Å². The third-order valence-electron chi connectivity index (χ3n) is 1.62. The van der Waals surface area contributed by atoms with Gasteiger partial charge in [-0.25, -0.2) is 5.01 Å². The molecule has 1 aromatic rings. The van der Waals surface area contributed by atoms with E-state index in [4.69, 9.17) is 23.1 Å². The number of benzene rings is 1. The van der Waals surface area contributed by atoms with Crippen molar-refractivity contribution in [1.82, 2.24) is 5.01 Å². The largest absolute Gasteiger partial charge is 0.369 e. The van der Waals surface area contributed by atoms with Crippen LogP contribution < -0.4 is 11.5 Å². The van der Waals surface area contributed by atoms with Crippen molar-refractivity contribution in [2.24, 2.45) is 16.6 Å². The number of nitrogens with zero attached hydrogens (tertiary/aromatic N) is 2. The summed E-state index contributed by atoms with van der Waals surface area (Å²) >= 11 is 5.72. The summed E-state index contributed by atoms with van der Waals surface area (Å²) in [5.74, 6) is -0.156. The summed E-state index contributed by atoms with van der Waals surface area (Å²) in [7, 11) is 0. The third kappa shape index (κ3) is 3.86. The zero-order chi connectivity index (χ0) is 11.3. The van der Waals surface area contributed by atoms with Crippen LogP contribution in [0.2, 0.25) is 5.02 Å². The van der Waals surface area contributed by atoms with Crippen molar-refractivity contribution >= 4 is 24.0 Å². The molecule has 0 saturated carbocycles. The van der Waals surface area contributed by atoms with Gasteiger partial charge in [-0.2, -0.15) is 0 Å². The molecule has 6 heteroatoms. The van der Waals surface area contributed by atoms with Gasteiger partial charge in [-0.15, -0.1) is 5.10 Å². The van der Waals surface area contributed by atoms with E-state index in [1.54, 1.807) is 24.3 Å². The highest BCUT2D eigenvalue weighted by atomic mass is 35.5. The van der Waals surface area contributed by atoms with Crippen LogP contribution >= 0.6 is 11.6 Å². The zero-order valence-electron chi connectivity index (χ0n) is 7.93. The van der Waals surface area contributed by atoms with Gasteiger partial charge in [-0.3, -0.25) is 4.79 Å². The summed E-state index contributed by atoms with van der Waals surface area (Å²) in [5.41, 5.74) is 11.2.